The minimum Gasteiger partial charge on any atom is -0.456 e. The lowest BCUT2D eigenvalue weighted by Gasteiger charge is -2.12. The van der Waals surface area contributed by atoms with Crippen LogP contribution in [0.4, 0.5) is 0 Å². The molecule has 1 unspecified atom stereocenters. The van der Waals surface area contributed by atoms with E-state index in [4.69, 9.17) is 24.6 Å². The second kappa shape index (κ2) is 11.0. The van der Waals surface area contributed by atoms with Crippen LogP contribution >= 0.6 is 0 Å². The molecular weight excluding hydrogens is 554 g/mol. The Morgan fingerprint density at radius 2 is 1.20 bits per heavy atom. The van der Waals surface area contributed by atoms with Crippen LogP contribution in [0.3, 0.4) is 0 Å². The van der Waals surface area contributed by atoms with Crippen molar-refractivity contribution < 1.29 is 8.83 Å². The maximum Gasteiger partial charge on any atom is 0.157 e. The van der Waals surface area contributed by atoms with Crippen molar-refractivity contribution in [1.82, 2.24) is 0 Å². The average molecular weight is 584 g/mol. The van der Waals surface area contributed by atoms with Gasteiger partial charge in [-0.15, -0.1) is 0 Å². The molecule has 2 aromatic heterocycles. The molecule has 0 saturated carbocycles. The molecule has 0 aliphatic heterocycles. The Morgan fingerprint density at radius 1 is 0.578 bits per heavy atom. The van der Waals surface area contributed by atoms with Crippen molar-refractivity contribution in [2.75, 3.05) is 0 Å². The molecule has 1 atom stereocenters. The number of para-hydroxylation sites is 2. The van der Waals surface area contributed by atoms with E-state index in [0.717, 1.165) is 71.7 Å². The van der Waals surface area contributed by atoms with Gasteiger partial charge in [-0.25, -0.2) is 4.99 Å². The Balaban J connectivity index is 1.37. The second-order valence-corrected chi connectivity index (χ2v) is 11.2. The van der Waals surface area contributed by atoms with Crippen molar-refractivity contribution in [2.45, 2.75) is 13.0 Å². The summed E-state index contributed by atoms with van der Waals surface area (Å²) in [5.41, 5.74) is 14.6. The summed E-state index contributed by atoms with van der Waals surface area (Å²) in [6.07, 6.45) is 0. The first-order valence-electron chi connectivity index (χ1n) is 15.0. The highest BCUT2D eigenvalue weighted by Crippen LogP contribution is 2.40. The summed E-state index contributed by atoms with van der Waals surface area (Å²) in [4.78, 5) is 10.1. The molecular formula is C40H29N3O2. The number of furan rings is 2. The van der Waals surface area contributed by atoms with Gasteiger partial charge in [0.25, 0.3) is 0 Å². The molecule has 8 aromatic rings. The number of amidine groups is 2. The molecule has 216 valence electrons. The van der Waals surface area contributed by atoms with E-state index in [1.165, 1.54) is 0 Å². The highest BCUT2D eigenvalue weighted by molar-refractivity contribution is 6.18. The zero-order valence-electron chi connectivity index (χ0n) is 24.6. The van der Waals surface area contributed by atoms with Gasteiger partial charge in [-0.2, -0.15) is 0 Å². The average Bonchev–Trinajstić information content (AvgIpc) is 3.66. The first-order valence-corrected chi connectivity index (χ1v) is 15.0. The third-order valence-corrected chi connectivity index (χ3v) is 8.32. The highest BCUT2D eigenvalue weighted by Gasteiger charge is 2.19. The maximum atomic E-state index is 6.60. The Hall–Kier alpha value is -5.94. The molecule has 0 aliphatic carbocycles. The van der Waals surface area contributed by atoms with Gasteiger partial charge in [0.1, 0.15) is 28.2 Å². The fraction of sp³-hybridized carbons (Fsp3) is 0.0500. The lowest BCUT2D eigenvalue weighted by atomic mass is 9.95. The molecule has 0 bridgehead atoms. The van der Waals surface area contributed by atoms with Gasteiger partial charge in [0.2, 0.25) is 0 Å². The van der Waals surface area contributed by atoms with Crippen molar-refractivity contribution in [2.24, 2.45) is 15.7 Å². The van der Waals surface area contributed by atoms with E-state index in [0.29, 0.717) is 11.7 Å². The molecule has 0 saturated heterocycles. The van der Waals surface area contributed by atoms with Crippen LogP contribution in [0.1, 0.15) is 29.7 Å². The van der Waals surface area contributed by atoms with Gasteiger partial charge < -0.3 is 14.6 Å². The summed E-state index contributed by atoms with van der Waals surface area (Å²) in [5.74, 6) is 0.922. The standard InChI is InChI=1S/C40H29N3O2/c1-25(26-12-4-2-5-13-26)42-40(43-39(41)27-14-6-3-7-15-27)29-22-33(38-32-17-9-11-19-35(32)45-37(38)24-29)28-20-21-31-30-16-8-10-18-34(30)44-36(31)23-28/h2-25H,1H3,(H2,41,42,43). The van der Waals surface area contributed by atoms with E-state index in [2.05, 4.69) is 55.5 Å². The van der Waals surface area contributed by atoms with Gasteiger partial charge in [0.05, 0.1) is 6.04 Å². The monoisotopic (exact) mass is 583 g/mol. The van der Waals surface area contributed by atoms with E-state index >= 15 is 0 Å². The van der Waals surface area contributed by atoms with Gasteiger partial charge in [-0.1, -0.05) is 103 Å². The van der Waals surface area contributed by atoms with E-state index in [-0.39, 0.29) is 6.04 Å². The predicted octanol–water partition coefficient (Wildman–Crippen LogP) is 10.1. The van der Waals surface area contributed by atoms with Crippen LogP contribution in [0.15, 0.2) is 158 Å². The molecule has 0 aliphatic rings. The van der Waals surface area contributed by atoms with Crippen LogP contribution in [0, 0.1) is 0 Å². The SMILES string of the molecule is CC(N=C(N=C(N)c1ccccc1)c1cc(-c2ccc3c(c2)oc2ccccc23)c2c(c1)oc1ccccc12)c1ccccc1. The first-order chi connectivity index (χ1) is 22.1. The summed E-state index contributed by atoms with van der Waals surface area (Å²) < 4.78 is 12.8. The lowest BCUT2D eigenvalue weighted by molar-refractivity contribution is 0.668. The third-order valence-electron chi connectivity index (χ3n) is 8.32. The van der Waals surface area contributed by atoms with E-state index in [9.17, 15) is 0 Å². The summed E-state index contributed by atoms with van der Waals surface area (Å²) >= 11 is 0. The summed E-state index contributed by atoms with van der Waals surface area (Å²) in [5, 5.41) is 4.25. The number of rotatable bonds is 5. The Morgan fingerprint density at radius 3 is 1.98 bits per heavy atom. The first kappa shape index (κ1) is 26.7. The number of benzene rings is 6. The molecule has 0 fully saturated rings. The molecule has 8 rings (SSSR count). The van der Waals surface area contributed by atoms with Crippen LogP contribution in [0.25, 0.3) is 55.0 Å². The van der Waals surface area contributed by atoms with Crippen molar-refractivity contribution in [3.8, 4) is 11.1 Å². The highest BCUT2D eigenvalue weighted by atomic mass is 16.3. The Bertz CT molecular complexity index is 2400. The number of nitrogens with two attached hydrogens (primary N) is 1. The zero-order chi connectivity index (χ0) is 30.3. The van der Waals surface area contributed by atoms with E-state index in [1.54, 1.807) is 0 Å². The fourth-order valence-corrected chi connectivity index (χ4v) is 6.05. The number of fused-ring (bicyclic) bond motifs is 6. The molecule has 0 spiro atoms. The fourth-order valence-electron chi connectivity index (χ4n) is 6.05. The largest absolute Gasteiger partial charge is 0.456 e. The molecule has 2 heterocycles. The number of aliphatic imine (C=N–C) groups is 2. The number of hydrogen-bond donors (Lipinski definition) is 1. The van der Waals surface area contributed by atoms with E-state index < -0.39 is 0 Å². The molecule has 6 aromatic carbocycles. The maximum absolute atomic E-state index is 6.60. The number of nitrogens with zero attached hydrogens (tertiary/aromatic N) is 2. The molecule has 5 nitrogen and oxygen atoms in total. The third kappa shape index (κ3) is 4.85. The molecule has 45 heavy (non-hydrogen) atoms. The minimum atomic E-state index is -0.157. The van der Waals surface area contributed by atoms with Crippen LogP contribution in [-0.2, 0) is 0 Å². The summed E-state index contributed by atoms with van der Waals surface area (Å²) in [6, 6.07) is 46.6. The van der Waals surface area contributed by atoms with Crippen molar-refractivity contribution >= 4 is 55.5 Å². The van der Waals surface area contributed by atoms with Gasteiger partial charge in [-0.05, 0) is 60.0 Å². The summed E-state index contributed by atoms with van der Waals surface area (Å²) in [7, 11) is 0. The van der Waals surface area contributed by atoms with Crippen LogP contribution in [-0.4, -0.2) is 11.7 Å². The predicted molar refractivity (Wildman–Crippen MR) is 185 cm³/mol. The topological polar surface area (TPSA) is 77.0 Å². The van der Waals surface area contributed by atoms with Gasteiger partial charge in [-0.3, -0.25) is 4.99 Å². The van der Waals surface area contributed by atoms with Crippen LogP contribution in [0.2, 0.25) is 0 Å². The summed E-state index contributed by atoms with van der Waals surface area (Å²) in [6.45, 7) is 2.07. The van der Waals surface area contributed by atoms with Gasteiger partial charge in [0, 0.05) is 32.7 Å². The minimum absolute atomic E-state index is 0.157. The normalized spacial score (nSPS) is 13.3. The van der Waals surface area contributed by atoms with Crippen molar-refractivity contribution in [3.05, 3.63) is 156 Å². The number of hydrogen-bond acceptors (Lipinski definition) is 3. The molecule has 0 amide bonds. The van der Waals surface area contributed by atoms with Crippen LogP contribution < -0.4 is 5.73 Å². The molecule has 2 N–H and O–H groups in total. The smallest absolute Gasteiger partial charge is 0.157 e. The molecule has 0 radical (unpaired) electrons. The van der Waals surface area contributed by atoms with Crippen molar-refractivity contribution in [1.29, 1.82) is 0 Å². The van der Waals surface area contributed by atoms with Gasteiger partial charge >= 0.3 is 0 Å². The van der Waals surface area contributed by atoms with Gasteiger partial charge in [0.15, 0.2) is 5.84 Å². The van der Waals surface area contributed by atoms with E-state index in [1.807, 2.05) is 91.0 Å². The second-order valence-electron chi connectivity index (χ2n) is 11.2. The Labute approximate surface area is 260 Å². The quantitative estimate of drug-likeness (QED) is 0.162. The van der Waals surface area contributed by atoms with Crippen LogP contribution in [0.5, 0.6) is 0 Å². The lowest BCUT2D eigenvalue weighted by Crippen LogP contribution is -2.16. The zero-order valence-corrected chi connectivity index (χ0v) is 24.6. The Kier molecular flexibility index (Phi) is 6.50. The van der Waals surface area contributed by atoms with Crippen molar-refractivity contribution in [3.63, 3.8) is 0 Å². The molecule has 5 heteroatoms.